The summed E-state index contributed by atoms with van der Waals surface area (Å²) >= 11 is 5.94. The first kappa shape index (κ1) is 14.2. The van der Waals surface area contributed by atoms with Crippen LogP contribution in [0.1, 0.15) is 22.8 Å². The van der Waals surface area contributed by atoms with Gasteiger partial charge in [0.25, 0.3) is 0 Å². The van der Waals surface area contributed by atoms with Gasteiger partial charge >= 0.3 is 18.9 Å². The quantitative estimate of drug-likeness (QED) is 0.568. The molecule has 1 rings (SSSR count). The molecule has 1 aromatic carbocycles. The average Bonchev–Trinajstić information content (AvgIpc) is 2.04. The maximum absolute atomic E-state index is 11.6. The van der Waals surface area contributed by atoms with Crippen LogP contribution in [-0.2, 0) is 0 Å². The summed E-state index contributed by atoms with van der Waals surface area (Å²) in [7, 11) is 0.336. The maximum atomic E-state index is 11.6. The van der Waals surface area contributed by atoms with Crippen LogP contribution in [0.2, 0.25) is 5.02 Å². The van der Waals surface area contributed by atoms with Gasteiger partial charge in [0.05, 0.1) is 5.02 Å². The van der Waals surface area contributed by atoms with Crippen LogP contribution >= 0.6 is 20.2 Å². The van der Waals surface area contributed by atoms with Crippen molar-refractivity contribution >= 4 is 44.6 Å². The van der Waals surface area contributed by atoms with Gasteiger partial charge in [0, 0.05) is 5.56 Å². The van der Waals surface area contributed by atoms with Crippen molar-refractivity contribution in [2.24, 2.45) is 0 Å². The zero-order chi connectivity index (χ0) is 9.84. The first-order chi connectivity index (χ1) is 6.16. The van der Waals surface area contributed by atoms with Gasteiger partial charge in [-0.2, -0.15) is 0 Å². The Balaban J connectivity index is 0.00000169. The molecule has 14 heavy (non-hydrogen) atoms. The van der Waals surface area contributed by atoms with Gasteiger partial charge in [-0.25, -0.2) is 0 Å². The second kappa shape index (κ2) is 6.65. The van der Waals surface area contributed by atoms with Crippen LogP contribution < -0.4 is 0 Å². The molecule has 0 aliphatic carbocycles. The van der Waals surface area contributed by atoms with E-state index in [9.17, 15) is 4.79 Å². The van der Waals surface area contributed by atoms with Crippen LogP contribution in [0.25, 0.3) is 0 Å². The van der Waals surface area contributed by atoms with E-state index in [0.29, 0.717) is 19.2 Å². The van der Waals surface area contributed by atoms with Gasteiger partial charge in [-0.3, -0.25) is 4.79 Å². The number of carbonyl (C=O) groups is 1. The van der Waals surface area contributed by atoms with Gasteiger partial charge in [0.2, 0.25) is 0 Å². The summed E-state index contributed by atoms with van der Waals surface area (Å²) in [5, 5.41) is 0.575. The predicted octanol–water partition coefficient (Wildman–Crippen LogP) is 2.84. The first-order valence-corrected chi connectivity index (χ1v) is 5.78. The number of carbonyl (C=O) groups excluding carboxylic acids is 1. The van der Waals surface area contributed by atoms with Gasteiger partial charge in [-0.15, -0.1) is 0 Å². The van der Waals surface area contributed by atoms with Crippen molar-refractivity contribution in [1.82, 2.24) is 0 Å². The standard InChI is InChI=1S/C10H12ClOP.Li.H/c1-3-13-10(12)9-7(2)5-4-6-8(9)11;;/h4-6,13H,3H2,1-2H3;;. The minimum absolute atomic E-state index is 0. The van der Waals surface area contributed by atoms with Crippen LogP contribution in [0.15, 0.2) is 18.2 Å². The zero-order valence-corrected chi connectivity index (χ0v) is 9.48. The molecule has 0 fully saturated rings. The summed E-state index contributed by atoms with van der Waals surface area (Å²) in [5.74, 6) is 0. The van der Waals surface area contributed by atoms with E-state index in [0.717, 1.165) is 11.7 Å². The molecule has 0 bridgehead atoms. The topological polar surface area (TPSA) is 17.1 Å². The Kier molecular flexibility index (Phi) is 6.75. The number of rotatable bonds is 3. The summed E-state index contributed by atoms with van der Waals surface area (Å²) in [6.07, 6.45) is 0.892. The van der Waals surface area contributed by atoms with E-state index in [1.54, 1.807) is 6.07 Å². The van der Waals surface area contributed by atoms with Crippen LogP contribution in [-0.4, -0.2) is 30.5 Å². The summed E-state index contributed by atoms with van der Waals surface area (Å²) in [4.78, 5) is 11.6. The summed E-state index contributed by atoms with van der Waals surface area (Å²) in [6, 6.07) is 5.55. The third-order valence-electron chi connectivity index (χ3n) is 1.79. The van der Waals surface area contributed by atoms with Crippen LogP contribution in [0, 0.1) is 6.92 Å². The van der Waals surface area contributed by atoms with Crippen molar-refractivity contribution in [3.05, 3.63) is 34.3 Å². The first-order valence-electron chi connectivity index (χ1n) is 4.20. The number of benzene rings is 1. The van der Waals surface area contributed by atoms with Crippen molar-refractivity contribution in [1.29, 1.82) is 0 Å². The Hall–Kier alpha value is 0.207. The Labute approximate surface area is 104 Å². The molecule has 0 aromatic heterocycles. The van der Waals surface area contributed by atoms with E-state index in [2.05, 4.69) is 0 Å². The number of hydrogen-bond donors (Lipinski definition) is 0. The Morgan fingerprint density at radius 2 is 2.14 bits per heavy atom. The number of aryl methyl sites for hydroxylation is 1. The fraction of sp³-hybridized carbons (Fsp3) is 0.300. The van der Waals surface area contributed by atoms with Crippen molar-refractivity contribution < 1.29 is 4.79 Å². The minimum atomic E-state index is 0. The van der Waals surface area contributed by atoms with Gasteiger partial charge in [-0.05, 0) is 33.3 Å². The van der Waals surface area contributed by atoms with E-state index in [1.165, 1.54) is 0 Å². The third-order valence-corrected chi connectivity index (χ3v) is 3.03. The molecule has 0 amide bonds. The van der Waals surface area contributed by atoms with E-state index >= 15 is 0 Å². The Morgan fingerprint density at radius 1 is 1.50 bits per heavy atom. The van der Waals surface area contributed by atoms with Gasteiger partial charge in [-0.1, -0.05) is 30.7 Å². The van der Waals surface area contributed by atoms with Crippen molar-refractivity contribution in [2.75, 3.05) is 6.16 Å². The van der Waals surface area contributed by atoms with Crippen molar-refractivity contribution in [3.8, 4) is 0 Å². The molecule has 0 heterocycles. The van der Waals surface area contributed by atoms with Gasteiger partial charge in [0.15, 0.2) is 5.52 Å². The molecule has 1 aromatic rings. The molecule has 4 heteroatoms. The summed E-state index contributed by atoms with van der Waals surface area (Å²) < 4.78 is 0. The average molecular weight is 223 g/mol. The summed E-state index contributed by atoms with van der Waals surface area (Å²) in [6.45, 7) is 3.92. The second-order valence-electron chi connectivity index (χ2n) is 2.79. The van der Waals surface area contributed by atoms with Gasteiger partial charge < -0.3 is 0 Å². The van der Waals surface area contributed by atoms with E-state index in [-0.39, 0.29) is 24.4 Å². The van der Waals surface area contributed by atoms with E-state index in [1.807, 2.05) is 26.0 Å². The van der Waals surface area contributed by atoms with E-state index in [4.69, 9.17) is 11.6 Å². The molecule has 0 aliphatic heterocycles. The molecule has 0 aliphatic rings. The number of hydrogen-bond acceptors (Lipinski definition) is 1. The fourth-order valence-electron chi connectivity index (χ4n) is 1.17. The Morgan fingerprint density at radius 3 is 2.64 bits per heavy atom. The molecule has 1 nitrogen and oxygen atoms in total. The molecule has 0 saturated carbocycles. The molecule has 0 N–H and O–H groups in total. The SMILES string of the molecule is CCPC(=O)c1c(C)cccc1Cl.[LiH]. The molecular weight excluding hydrogens is 209 g/mol. The molecular formula is C10H13ClLiOP. The van der Waals surface area contributed by atoms with Gasteiger partial charge in [0.1, 0.15) is 0 Å². The Bertz CT molecular complexity index is 308. The van der Waals surface area contributed by atoms with E-state index < -0.39 is 0 Å². The molecule has 0 saturated heterocycles. The normalized spacial score (nSPS) is 10.2. The molecule has 72 valence electrons. The molecule has 0 radical (unpaired) electrons. The second-order valence-corrected chi connectivity index (χ2v) is 4.71. The molecule has 1 atom stereocenters. The van der Waals surface area contributed by atoms with Crippen LogP contribution in [0.5, 0.6) is 0 Å². The van der Waals surface area contributed by atoms with Crippen LogP contribution in [0.4, 0.5) is 0 Å². The molecule has 1 unspecified atom stereocenters. The summed E-state index contributed by atoms with van der Waals surface area (Å²) in [5.41, 5.74) is 1.84. The number of halogens is 1. The predicted molar refractivity (Wildman–Crippen MR) is 66.5 cm³/mol. The zero-order valence-electron chi connectivity index (χ0n) is 7.73. The van der Waals surface area contributed by atoms with Crippen molar-refractivity contribution in [2.45, 2.75) is 13.8 Å². The fourth-order valence-corrected chi connectivity index (χ4v) is 2.39. The monoisotopic (exact) mass is 222 g/mol. The third kappa shape index (κ3) is 3.41. The van der Waals surface area contributed by atoms with Crippen molar-refractivity contribution in [3.63, 3.8) is 0 Å². The molecule has 0 spiro atoms. The van der Waals surface area contributed by atoms with Crippen LogP contribution in [0.3, 0.4) is 0 Å².